The van der Waals surface area contributed by atoms with Crippen LogP contribution in [0.25, 0.3) is 0 Å². The maximum Gasteiger partial charge on any atom is 0.308 e. The third-order valence-corrected chi connectivity index (χ3v) is 5.00. The quantitative estimate of drug-likeness (QED) is 0.684. The van der Waals surface area contributed by atoms with Gasteiger partial charge in [0, 0.05) is 16.7 Å². The first-order chi connectivity index (χ1) is 12.4. The monoisotopic (exact) mass is 371 g/mol. The third kappa shape index (κ3) is 5.92. The first kappa shape index (κ1) is 20.0. The molecule has 1 amide bonds. The average Bonchev–Trinajstić information content (AvgIpc) is 2.58. The van der Waals surface area contributed by atoms with Gasteiger partial charge in [-0.3, -0.25) is 9.59 Å². The van der Waals surface area contributed by atoms with Gasteiger partial charge in [-0.05, 0) is 31.0 Å². The van der Waals surface area contributed by atoms with Crippen molar-refractivity contribution in [1.82, 2.24) is 5.32 Å². The fourth-order valence-corrected chi connectivity index (χ4v) is 3.65. The highest BCUT2D eigenvalue weighted by molar-refractivity contribution is 8.00. The molecule has 0 saturated heterocycles. The Balaban J connectivity index is 2.05. The number of hydrogen-bond donors (Lipinski definition) is 2. The molecule has 1 atom stereocenters. The molecule has 1 unspecified atom stereocenters. The molecular weight excluding hydrogens is 346 g/mol. The van der Waals surface area contributed by atoms with Gasteiger partial charge in [0.1, 0.15) is 0 Å². The predicted molar refractivity (Wildman–Crippen MR) is 106 cm³/mol. The summed E-state index contributed by atoms with van der Waals surface area (Å²) >= 11 is 1.62. The zero-order chi connectivity index (χ0) is 19.1. The van der Waals surface area contributed by atoms with Crippen LogP contribution in [-0.4, -0.2) is 28.8 Å². The normalized spacial score (nSPS) is 12.0. The minimum absolute atomic E-state index is 0.1000. The highest BCUT2D eigenvalue weighted by Crippen LogP contribution is 2.26. The molecule has 0 radical (unpaired) electrons. The topological polar surface area (TPSA) is 66.4 Å². The molecule has 138 valence electrons. The van der Waals surface area contributed by atoms with E-state index in [1.807, 2.05) is 49.4 Å². The Bertz CT molecular complexity index is 773. The Labute approximate surface area is 159 Å². The molecular formula is C21H25NO3S. The molecule has 2 N–H and O–H groups in total. The van der Waals surface area contributed by atoms with Crippen LogP contribution in [0.5, 0.6) is 0 Å². The fourth-order valence-electron chi connectivity index (χ4n) is 2.69. The van der Waals surface area contributed by atoms with Crippen LogP contribution in [0, 0.1) is 12.8 Å². The predicted octanol–water partition coefficient (Wildman–Crippen LogP) is 4.17. The van der Waals surface area contributed by atoms with E-state index in [9.17, 15) is 14.7 Å². The molecule has 0 aromatic heterocycles. The van der Waals surface area contributed by atoms with E-state index in [0.29, 0.717) is 17.2 Å². The molecule has 2 rings (SSSR count). The molecule has 0 aliphatic heterocycles. The van der Waals surface area contributed by atoms with Gasteiger partial charge in [-0.1, -0.05) is 55.8 Å². The summed E-state index contributed by atoms with van der Waals surface area (Å²) in [7, 11) is 0. The Hall–Kier alpha value is -2.27. The van der Waals surface area contributed by atoms with Crippen LogP contribution in [0.15, 0.2) is 53.4 Å². The standard InChI is InChI=1S/C21H25NO3S/c1-14(2)26-19-10-5-4-9-18(19)20(23)22-13-17(21(24)25)12-16-8-6-7-15(3)11-16/h4-11,14,17H,12-13H2,1-3H3,(H,22,23)(H,24,25). The molecule has 4 nitrogen and oxygen atoms in total. The molecule has 0 saturated carbocycles. The SMILES string of the molecule is Cc1cccc(CC(CNC(=O)c2ccccc2SC(C)C)C(=O)O)c1. The Kier molecular flexibility index (Phi) is 7.27. The lowest BCUT2D eigenvalue weighted by atomic mass is 9.98. The average molecular weight is 372 g/mol. The maximum atomic E-state index is 12.6. The number of carboxylic acid groups (broad SMARTS) is 1. The van der Waals surface area contributed by atoms with Gasteiger partial charge >= 0.3 is 5.97 Å². The van der Waals surface area contributed by atoms with Crippen LogP contribution >= 0.6 is 11.8 Å². The summed E-state index contributed by atoms with van der Waals surface area (Å²) in [5, 5.41) is 12.7. The number of carbonyl (C=O) groups is 2. The van der Waals surface area contributed by atoms with Crippen molar-refractivity contribution in [3.63, 3.8) is 0 Å². The van der Waals surface area contributed by atoms with Crippen molar-refractivity contribution in [3.8, 4) is 0 Å². The van der Waals surface area contributed by atoms with Gasteiger partial charge in [0.05, 0.1) is 11.5 Å². The van der Waals surface area contributed by atoms with Gasteiger partial charge in [-0.2, -0.15) is 0 Å². The second-order valence-electron chi connectivity index (χ2n) is 6.60. The molecule has 0 bridgehead atoms. The number of hydrogen-bond acceptors (Lipinski definition) is 3. The smallest absolute Gasteiger partial charge is 0.308 e. The summed E-state index contributed by atoms with van der Waals surface area (Å²) in [6, 6.07) is 15.2. The van der Waals surface area contributed by atoms with Crippen molar-refractivity contribution >= 4 is 23.6 Å². The zero-order valence-corrected chi connectivity index (χ0v) is 16.2. The molecule has 26 heavy (non-hydrogen) atoms. The molecule has 2 aromatic rings. The second kappa shape index (κ2) is 9.43. The van der Waals surface area contributed by atoms with Crippen LogP contribution in [0.4, 0.5) is 0 Å². The first-order valence-electron chi connectivity index (χ1n) is 8.69. The molecule has 0 heterocycles. The zero-order valence-electron chi connectivity index (χ0n) is 15.4. The van der Waals surface area contributed by atoms with E-state index in [-0.39, 0.29) is 12.5 Å². The Morgan fingerprint density at radius 2 is 1.85 bits per heavy atom. The number of aliphatic carboxylic acids is 1. The molecule has 0 fully saturated rings. The number of benzene rings is 2. The largest absolute Gasteiger partial charge is 0.481 e. The summed E-state index contributed by atoms with van der Waals surface area (Å²) in [4.78, 5) is 25.1. The van der Waals surface area contributed by atoms with Crippen LogP contribution in [0.3, 0.4) is 0 Å². The van der Waals surface area contributed by atoms with E-state index in [4.69, 9.17) is 0 Å². The van der Waals surface area contributed by atoms with Gasteiger partial charge < -0.3 is 10.4 Å². The molecule has 5 heteroatoms. The molecule has 0 aliphatic rings. The lowest BCUT2D eigenvalue weighted by molar-refractivity contribution is -0.141. The van der Waals surface area contributed by atoms with Crippen molar-refractivity contribution in [1.29, 1.82) is 0 Å². The van der Waals surface area contributed by atoms with Crippen molar-refractivity contribution in [2.24, 2.45) is 5.92 Å². The van der Waals surface area contributed by atoms with Crippen LogP contribution in [0.2, 0.25) is 0 Å². The molecule has 2 aromatic carbocycles. The number of rotatable bonds is 8. The van der Waals surface area contributed by atoms with Crippen molar-refractivity contribution in [2.75, 3.05) is 6.54 Å². The van der Waals surface area contributed by atoms with Crippen LogP contribution in [-0.2, 0) is 11.2 Å². The fraction of sp³-hybridized carbons (Fsp3) is 0.333. The number of thioether (sulfide) groups is 1. The van der Waals surface area contributed by atoms with Gasteiger partial charge in [0.25, 0.3) is 5.91 Å². The summed E-state index contributed by atoms with van der Waals surface area (Å²) in [5.41, 5.74) is 2.64. The number of amides is 1. The van der Waals surface area contributed by atoms with E-state index in [1.54, 1.807) is 17.8 Å². The number of carboxylic acids is 1. The third-order valence-electron chi connectivity index (χ3n) is 3.92. The van der Waals surface area contributed by atoms with Crippen molar-refractivity contribution in [3.05, 3.63) is 65.2 Å². The second-order valence-corrected chi connectivity index (χ2v) is 8.22. The summed E-state index contributed by atoms with van der Waals surface area (Å²) < 4.78 is 0. The van der Waals surface area contributed by atoms with Crippen molar-refractivity contribution in [2.45, 2.75) is 37.3 Å². The Morgan fingerprint density at radius 1 is 1.12 bits per heavy atom. The van der Waals surface area contributed by atoms with Gasteiger partial charge in [0.15, 0.2) is 0 Å². The van der Waals surface area contributed by atoms with Crippen LogP contribution in [0.1, 0.15) is 35.3 Å². The molecule has 0 aliphatic carbocycles. The highest BCUT2D eigenvalue weighted by atomic mass is 32.2. The van der Waals surface area contributed by atoms with Gasteiger partial charge in [-0.15, -0.1) is 11.8 Å². The van der Waals surface area contributed by atoms with E-state index >= 15 is 0 Å². The Morgan fingerprint density at radius 3 is 2.50 bits per heavy atom. The lowest BCUT2D eigenvalue weighted by Crippen LogP contribution is -2.34. The summed E-state index contributed by atoms with van der Waals surface area (Å²) in [5.74, 6) is -1.80. The van der Waals surface area contributed by atoms with E-state index in [0.717, 1.165) is 16.0 Å². The first-order valence-corrected chi connectivity index (χ1v) is 9.57. The lowest BCUT2D eigenvalue weighted by Gasteiger charge is -2.15. The minimum Gasteiger partial charge on any atom is -0.481 e. The highest BCUT2D eigenvalue weighted by Gasteiger charge is 2.20. The van der Waals surface area contributed by atoms with Crippen LogP contribution < -0.4 is 5.32 Å². The van der Waals surface area contributed by atoms with Gasteiger partial charge in [-0.25, -0.2) is 0 Å². The summed E-state index contributed by atoms with van der Waals surface area (Å²) in [6.07, 6.45) is 0.389. The minimum atomic E-state index is -0.906. The van der Waals surface area contributed by atoms with E-state index in [2.05, 4.69) is 19.2 Å². The van der Waals surface area contributed by atoms with Crippen molar-refractivity contribution < 1.29 is 14.7 Å². The molecule has 0 spiro atoms. The number of nitrogens with one attached hydrogen (secondary N) is 1. The van der Waals surface area contributed by atoms with E-state index < -0.39 is 11.9 Å². The summed E-state index contributed by atoms with van der Waals surface area (Å²) in [6.45, 7) is 6.22. The van der Waals surface area contributed by atoms with E-state index in [1.165, 1.54) is 0 Å². The van der Waals surface area contributed by atoms with Gasteiger partial charge in [0.2, 0.25) is 0 Å². The number of carbonyl (C=O) groups excluding carboxylic acids is 1. The number of aryl methyl sites for hydroxylation is 1. The maximum absolute atomic E-state index is 12.6.